The molecule has 0 bridgehead atoms. The minimum atomic E-state index is -0.0812. The lowest BCUT2D eigenvalue weighted by molar-refractivity contribution is -0.130. The minimum absolute atomic E-state index is 0.0681. The van der Waals surface area contributed by atoms with Crippen LogP contribution in [0.2, 0.25) is 0 Å². The van der Waals surface area contributed by atoms with Crippen molar-refractivity contribution in [1.82, 2.24) is 15.1 Å². The van der Waals surface area contributed by atoms with Gasteiger partial charge in [0.1, 0.15) is 18.1 Å². The number of piperidine rings is 1. The molecule has 1 N–H and O–H groups in total. The summed E-state index contributed by atoms with van der Waals surface area (Å²) in [5.41, 5.74) is 0. The van der Waals surface area contributed by atoms with Gasteiger partial charge in [-0.25, -0.2) is 4.79 Å². The zero-order chi connectivity index (χ0) is 18.2. The van der Waals surface area contributed by atoms with E-state index in [1.54, 1.807) is 23.8 Å². The van der Waals surface area contributed by atoms with E-state index >= 15 is 0 Å². The van der Waals surface area contributed by atoms with Gasteiger partial charge in [-0.1, -0.05) is 0 Å². The van der Waals surface area contributed by atoms with Gasteiger partial charge in [-0.15, -0.1) is 0 Å². The molecule has 1 saturated heterocycles. The second-order valence-electron chi connectivity index (χ2n) is 6.10. The standard InChI is InChI=1S/C18H27N3O4/c1-14(22)20(2)15-8-11-21(12-9-15)18(23)19-10-13-25-17-6-4-16(24-3)5-7-17/h4-7,15H,8-13H2,1-3H3,(H,19,23). The SMILES string of the molecule is COc1ccc(OCCNC(=O)N2CCC(N(C)C(C)=O)CC2)cc1. The van der Waals surface area contributed by atoms with Crippen LogP contribution in [0.4, 0.5) is 4.79 Å². The molecule has 3 amide bonds. The summed E-state index contributed by atoms with van der Waals surface area (Å²) in [5, 5.41) is 2.87. The number of urea groups is 1. The maximum absolute atomic E-state index is 12.2. The van der Waals surface area contributed by atoms with Crippen molar-refractivity contribution >= 4 is 11.9 Å². The van der Waals surface area contributed by atoms with E-state index in [0.717, 1.165) is 24.3 Å². The van der Waals surface area contributed by atoms with Crippen LogP contribution in [0, 0.1) is 0 Å². The molecule has 7 nitrogen and oxygen atoms in total. The van der Waals surface area contributed by atoms with E-state index in [4.69, 9.17) is 9.47 Å². The molecule has 0 atom stereocenters. The van der Waals surface area contributed by atoms with Gasteiger partial charge in [-0.2, -0.15) is 0 Å². The van der Waals surface area contributed by atoms with Crippen molar-refractivity contribution in [1.29, 1.82) is 0 Å². The summed E-state index contributed by atoms with van der Waals surface area (Å²) in [5.74, 6) is 1.58. The highest BCUT2D eigenvalue weighted by molar-refractivity contribution is 5.75. The number of nitrogens with zero attached hydrogens (tertiary/aromatic N) is 2. The monoisotopic (exact) mass is 349 g/mol. The first-order chi connectivity index (χ1) is 12.0. The zero-order valence-corrected chi connectivity index (χ0v) is 15.2. The lowest BCUT2D eigenvalue weighted by Gasteiger charge is -2.36. The average Bonchev–Trinajstić information content (AvgIpc) is 2.65. The largest absolute Gasteiger partial charge is 0.497 e. The summed E-state index contributed by atoms with van der Waals surface area (Å²) in [4.78, 5) is 27.1. The van der Waals surface area contributed by atoms with Crippen LogP contribution in [0.15, 0.2) is 24.3 Å². The average molecular weight is 349 g/mol. The number of likely N-dealkylation sites (tertiary alicyclic amines) is 1. The molecule has 1 aromatic rings. The first-order valence-electron chi connectivity index (χ1n) is 8.54. The molecule has 1 aliphatic rings. The van der Waals surface area contributed by atoms with Gasteiger partial charge in [0.05, 0.1) is 13.7 Å². The van der Waals surface area contributed by atoms with E-state index in [9.17, 15) is 9.59 Å². The number of carbonyl (C=O) groups is 2. The predicted molar refractivity (Wildman–Crippen MR) is 94.9 cm³/mol. The van der Waals surface area contributed by atoms with E-state index in [2.05, 4.69) is 5.32 Å². The highest BCUT2D eigenvalue weighted by atomic mass is 16.5. The Bertz CT molecular complexity index is 568. The fourth-order valence-electron chi connectivity index (χ4n) is 2.82. The molecule has 0 saturated carbocycles. The number of carbonyl (C=O) groups excluding carboxylic acids is 2. The molecule has 1 fully saturated rings. The fourth-order valence-corrected chi connectivity index (χ4v) is 2.82. The molecule has 0 radical (unpaired) electrons. The summed E-state index contributed by atoms with van der Waals surface area (Å²) in [6.45, 7) is 3.74. The molecule has 138 valence electrons. The molecule has 1 aromatic carbocycles. The van der Waals surface area contributed by atoms with Crippen molar-refractivity contribution in [3.8, 4) is 11.5 Å². The van der Waals surface area contributed by atoms with Gasteiger partial charge >= 0.3 is 6.03 Å². The quantitative estimate of drug-likeness (QED) is 0.794. The van der Waals surface area contributed by atoms with E-state index in [-0.39, 0.29) is 18.0 Å². The Morgan fingerprint density at radius 1 is 1.20 bits per heavy atom. The lowest BCUT2D eigenvalue weighted by Crippen LogP contribution is -2.50. The number of hydrogen-bond donors (Lipinski definition) is 1. The topological polar surface area (TPSA) is 71.1 Å². The number of nitrogens with one attached hydrogen (secondary N) is 1. The number of benzene rings is 1. The fraction of sp³-hybridized carbons (Fsp3) is 0.556. The summed E-state index contributed by atoms with van der Waals surface area (Å²) in [7, 11) is 3.44. The second kappa shape index (κ2) is 9.15. The third-order valence-electron chi connectivity index (χ3n) is 4.50. The van der Waals surface area contributed by atoms with Gasteiger partial charge in [-0.3, -0.25) is 4.79 Å². The van der Waals surface area contributed by atoms with Gasteiger partial charge in [0.2, 0.25) is 5.91 Å². The molecule has 0 aromatic heterocycles. The number of rotatable bonds is 6. The Balaban J connectivity index is 1.64. The van der Waals surface area contributed by atoms with Crippen LogP contribution in [0.5, 0.6) is 11.5 Å². The summed E-state index contributed by atoms with van der Waals surface area (Å²) in [6.07, 6.45) is 1.62. The molecule has 2 rings (SSSR count). The molecule has 0 spiro atoms. The van der Waals surface area contributed by atoms with Gasteiger partial charge in [-0.05, 0) is 37.1 Å². The predicted octanol–water partition coefficient (Wildman–Crippen LogP) is 1.73. The summed E-state index contributed by atoms with van der Waals surface area (Å²) >= 11 is 0. The molecule has 0 unspecified atom stereocenters. The Hall–Kier alpha value is -2.44. The van der Waals surface area contributed by atoms with Crippen molar-refractivity contribution in [2.75, 3.05) is 40.4 Å². The Morgan fingerprint density at radius 2 is 1.80 bits per heavy atom. The number of ether oxygens (including phenoxy) is 2. The maximum atomic E-state index is 12.2. The first kappa shape index (κ1) is 18.9. The Labute approximate surface area is 148 Å². The second-order valence-corrected chi connectivity index (χ2v) is 6.10. The molecular formula is C18H27N3O4. The maximum Gasteiger partial charge on any atom is 0.317 e. The number of methoxy groups -OCH3 is 1. The van der Waals surface area contributed by atoms with E-state index < -0.39 is 0 Å². The van der Waals surface area contributed by atoms with Crippen LogP contribution in [0.3, 0.4) is 0 Å². The van der Waals surface area contributed by atoms with Gasteiger partial charge in [0, 0.05) is 33.1 Å². The van der Waals surface area contributed by atoms with Crippen LogP contribution in [-0.4, -0.2) is 68.2 Å². The third kappa shape index (κ3) is 5.55. The first-order valence-corrected chi connectivity index (χ1v) is 8.54. The van der Waals surface area contributed by atoms with Crippen LogP contribution in [0.1, 0.15) is 19.8 Å². The Morgan fingerprint density at radius 3 is 2.36 bits per heavy atom. The van der Waals surface area contributed by atoms with Crippen LogP contribution in [0.25, 0.3) is 0 Å². The molecular weight excluding hydrogens is 322 g/mol. The van der Waals surface area contributed by atoms with E-state index in [1.165, 1.54) is 0 Å². The third-order valence-corrected chi connectivity index (χ3v) is 4.50. The van der Waals surface area contributed by atoms with Crippen molar-refractivity contribution in [3.05, 3.63) is 24.3 Å². The normalized spacial score (nSPS) is 14.8. The summed E-state index contributed by atoms with van der Waals surface area (Å²) in [6, 6.07) is 7.46. The molecule has 1 heterocycles. The van der Waals surface area contributed by atoms with Crippen molar-refractivity contribution in [2.24, 2.45) is 0 Å². The van der Waals surface area contributed by atoms with Crippen LogP contribution < -0.4 is 14.8 Å². The van der Waals surface area contributed by atoms with Crippen LogP contribution >= 0.6 is 0 Å². The molecule has 7 heteroatoms. The molecule has 1 aliphatic heterocycles. The number of amides is 3. The van der Waals surface area contributed by atoms with Gasteiger partial charge in [0.25, 0.3) is 0 Å². The lowest BCUT2D eigenvalue weighted by atomic mass is 10.0. The highest BCUT2D eigenvalue weighted by Crippen LogP contribution is 2.17. The smallest absolute Gasteiger partial charge is 0.317 e. The van der Waals surface area contributed by atoms with Crippen molar-refractivity contribution < 1.29 is 19.1 Å². The van der Waals surface area contributed by atoms with Gasteiger partial charge in [0.15, 0.2) is 0 Å². The Kier molecular flexibility index (Phi) is 6.91. The molecule has 25 heavy (non-hydrogen) atoms. The summed E-state index contributed by atoms with van der Waals surface area (Å²) < 4.78 is 10.7. The zero-order valence-electron chi connectivity index (χ0n) is 15.2. The highest BCUT2D eigenvalue weighted by Gasteiger charge is 2.26. The minimum Gasteiger partial charge on any atom is -0.497 e. The van der Waals surface area contributed by atoms with Crippen molar-refractivity contribution in [2.45, 2.75) is 25.8 Å². The van der Waals surface area contributed by atoms with Crippen molar-refractivity contribution in [3.63, 3.8) is 0 Å². The number of hydrogen-bond acceptors (Lipinski definition) is 4. The van der Waals surface area contributed by atoms with Gasteiger partial charge < -0.3 is 24.6 Å². The van der Waals surface area contributed by atoms with E-state index in [0.29, 0.717) is 26.2 Å². The molecule has 0 aliphatic carbocycles. The van der Waals surface area contributed by atoms with E-state index in [1.807, 2.05) is 31.3 Å². The van der Waals surface area contributed by atoms with Crippen LogP contribution in [-0.2, 0) is 4.79 Å².